The van der Waals surface area contributed by atoms with Crippen molar-refractivity contribution in [2.45, 2.75) is 39.2 Å². The van der Waals surface area contributed by atoms with E-state index in [4.69, 9.17) is 9.36 Å². The molecule has 3 heterocycles. The Morgan fingerprint density at radius 3 is 0.913 bits per heavy atom. The van der Waals surface area contributed by atoms with E-state index in [9.17, 15) is 0 Å². The summed E-state index contributed by atoms with van der Waals surface area (Å²) in [7, 11) is -3.62. The van der Waals surface area contributed by atoms with Gasteiger partial charge in [0, 0.05) is 61.7 Å². The molecule has 0 radical (unpaired) electrons. The van der Waals surface area contributed by atoms with Gasteiger partial charge < -0.3 is 9.80 Å². The SMILES string of the molecule is c1ccc(S2(c3ccccc3)c3ccccc3N(c3ccc(-c4nsc(-c5ccc(N6c7ccccc7S(c7ccccc7)(c7ccccc7)c7ccccc76)cc5)n4)cc3)c3ccccc32)cc1. The number of rotatable bonds is 8. The van der Waals surface area contributed by atoms with E-state index in [2.05, 4.69) is 277 Å². The normalized spacial score (nSPS) is 14.9. The molecule has 2 aliphatic rings. The first-order chi connectivity index (χ1) is 34.2. The fourth-order valence-corrected chi connectivity index (χ4v) is 19.4. The summed E-state index contributed by atoms with van der Waals surface area (Å²) in [5.41, 5.74) is 8.97. The van der Waals surface area contributed by atoms with Crippen molar-refractivity contribution in [3.63, 3.8) is 0 Å². The van der Waals surface area contributed by atoms with Gasteiger partial charge in [-0.05, 0) is 157 Å². The van der Waals surface area contributed by atoms with Crippen LogP contribution in [0.25, 0.3) is 22.0 Å². The summed E-state index contributed by atoms with van der Waals surface area (Å²) in [6.07, 6.45) is 0. The van der Waals surface area contributed by atoms with Crippen LogP contribution >= 0.6 is 31.6 Å². The first-order valence-corrected chi connectivity index (χ1v) is 27.2. The van der Waals surface area contributed by atoms with Crippen LogP contribution in [0, 0.1) is 0 Å². The van der Waals surface area contributed by atoms with Crippen LogP contribution in [0.2, 0.25) is 0 Å². The minimum Gasteiger partial charge on any atom is -0.308 e. The second kappa shape index (κ2) is 17.0. The minimum atomic E-state index is -1.81. The highest BCUT2D eigenvalue weighted by Gasteiger charge is 2.44. The molecule has 0 amide bonds. The third-order valence-corrected chi connectivity index (χ3v) is 22.0. The van der Waals surface area contributed by atoms with Gasteiger partial charge >= 0.3 is 0 Å². The van der Waals surface area contributed by atoms with E-state index in [1.165, 1.54) is 73.4 Å². The molecule has 0 saturated heterocycles. The van der Waals surface area contributed by atoms with Gasteiger partial charge in [0.15, 0.2) is 5.82 Å². The molecular formula is C62H44N4S3. The zero-order valence-electron chi connectivity index (χ0n) is 37.4. The van der Waals surface area contributed by atoms with Gasteiger partial charge in [0.05, 0.1) is 22.7 Å². The number of anilines is 6. The van der Waals surface area contributed by atoms with Crippen molar-refractivity contribution in [2.75, 3.05) is 9.80 Å². The molecule has 0 fully saturated rings. The fraction of sp³-hybridized carbons (Fsp3) is 0. The molecule has 11 aromatic rings. The Labute approximate surface area is 410 Å². The van der Waals surface area contributed by atoms with Crippen LogP contribution in [0.3, 0.4) is 0 Å². The van der Waals surface area contributed by atoms with Crippen LogP contribution < -0.4 is 9.80 Å². The molecule has 1 aromatic heterocycles. The molecule has 7 heteroatoms. The van der Waals surface area contributed by atoms with Crippen LogP contribution in [0.5, 0.6) is 0 Å². The number of nitrogens with zero attached hydrogens (tertiary/aromatic N) is 4. The Bertz CT molecular complexity index is 3200. The molecule has 0 bridgehead atoms. The Morgan fingerprint density at radius 2 is 0.580 bits per heavy atom. The maximum atomic E-state index is 5.14. The highest BCUT2D eigenvalue weighted by atomic mass is 32.3. The van der Waals surface area contributed by atoms with Gasteiger partial charge in [-0.15, -0.1) is 20.1 Å². The number of benzene rings is 10. The second-order valence-corrected chi connectivity index (χ2v) is 23.9. The molecule has 69 heavy (non-hydrogen) atoms. The van der Waals surface area contributed by atoms with E-state index in [1.807, 2.05) is 0 Å². The molecule has 0 N–H and O–H groups in total. The van der Waals surface area contributed by atoms with Crippen molar-refractivity contribution in [1.82, 2.24) is 9.36 Å². The van der Waals surface area contributed by atoms with Crippen LogP contribution in [0.1, 0.15) is 0 Å². The number of para-hydroxylation sites is 4. The first kappa shape index (κ1) is 41.3. The van der Waals surface area contributed by atoms with Crippen molar-refractivity contribution in [1.29, 1.82) is 0 Å². The Hall–Kier alpha value is -7.94. The Balaban J connectivity index is 0.837. The van der Waals surface area contributed by atoms with Gasteiger partial charge in [-0.3, -0.25) is 0 Å². The van der Waals surface area contributed by atoms with Crippen molar-refractivity contribution in [2.24, 2.45) is 0 Å². The zero-order chi connectivity index (χ0) is 45.8. The molecule has 13 rings (SSSR count). The summed E-state index contributed by atoms with van der Waals surface area (Å²) in [6.45, 7) is 0. The summed E-state index contributed by atoms with van der Waals surface area (Å²) in [5, 5.41) is 0.886. The number of hydrogen-bond acceptors (Lipinski definition) is 5. The topological polar surface area (TPSA) is 32.3 Å². The van der Waals surface area contributed by atoms with Crippen LogP contribution in [0.15, 0.2) is 306 Å². The molecule has 0 unspecified atom stereocenters. The molecule has 0 saturated carbocycles. The van der Waals surface area contributed by atoms with E-state index < -0.39 is 20.1 Å². The molecule has 330 valence electrons. The first-order valence-electron chi connectivity index (χ1n) is 23.1. The van der Waals surface area contributed by atoms with Crippen LogP contribution in [-0.4, -0.2) is 9.36 Å². The van der Waals surface area contributed by atoms with Gasteiger partial charge in [0.25, 0.3) is 0 Å². The predicted molar refractivity (Wildman–Crippen MR) is 287 cm³/mol. The fourth-order valence-electron chi connectivity index (χ4n) is 10.4. The van der Waals surface area contributed by atoms with Crippen LogP contribution in [-0.2, 0) is 0 Å². The molecule has 10 aromatic carbocycles. The summed E-state index contributed by atoms with van der Waals surface area (Å²) in [4.78, 5) is 20.6. The lowest BCUT2D eigenvalue weighted by Gasteiger charge is -2.49. The zero-order valence-corrected chi connectivity index (χ0v) is 39.9. The quantitative estimate of drug-likeness (QED) is 0.152. The highest BCUT2D eigenvalue weighted by Crippen LogP contribution is 2.81. The Morgan fingerprint density at radius 1 is 0.290 bits per heavy atom. The van der Waals surface area contributed by atoms with Crippen molar-refractivity contribution < 1.29 is 0 Å². The van der Waals surface area contributed by atoms with E-state index in [1.54, 1.807) is 0 Å². The van der Waals surface area contributed by atoms with Gasteiger partial charge in [-0.1, -0.05) is 121 Å². The average molecular weight is 941 g/mol. The lowest BCUT2D eigenvalue weighted by Crippen LogP contribution is -2.21. The molecule has 2 aliphatic heterocycles. The van der Waals surface area contributed by atoms with Crippen LogP contribution in [0.4, 0.5) is 34.1 Å². The standard InChI is InChI=1S/C62H44N4S3/c1-5-21-49(22-6-1)68(50-23-7-2-8-24-50)57-33-17-13-29-53(57)65(54-30-14-18-34-58(54)68)47-41-37-45(38-42-47)61-63-62(67-64-61)46-39-43-48(44-40-46)66-55-31-15-19-35-59(55)69(51-25-9-3-10-26-51,52-27-11-4-12-28-52)60-36-20-16-32-56(60)66/h1-44H. The van der Waals surface area contributed by atoms with Gasteiger partial charge in [0.2, 0.25) is 0 Å². The largest absolute Gasteiger partial charge is 0.308 e. The summed E-state index contributed by atoms with van der Waals surface area (Å²) < 4.78 is 4.92. The maximum Gasteiger partial charge on any atom is 0.173 e. The lowest BCUT2D eigenvalue weighted by molar-refractivity contribution is 1.12. The second-order valence-electron chi connectivity index (χ2n) is 17.0. The van der Waals surface area contributed by atoms with E-state index in [0.717, 1.165) is 33.3 Å². The number of fused-ring (bicyclic) bond motifs is 4. The molecular weight excluding hydrogens is 897 g/mol. The van der Waals surface area contributed by atoms with Gasteiger partial charge in [0.1, 0.15) is 5.01 Å². The van der Waals surface area contributed by atoms with Crippen molar-refractivity contribution in [3.05, 3.63) is 267 Å². The molecule has 0 atom stereocenters. The smallest absolute Gasteiger partial charge is 0.173 e. The third-order valence-electron chi connectivity index (χ3n) is 13.3. The van der Waals surface area contributed by atoms with Gasteiger partial charge in [-0.2, -0.15) is 4.37 Å². The number of aromatic nitrogens is 2. The van der Waals surface area contributed by atoms with E-state index >= 15 is 0 Å². The Kier molecular flexibility index (Phi) is 10.2. The molecule has 0 spiro atoms. The van der Waals surface area contributed by atoms with Crippen molar-refractivity contribution in [3.8, 4) is 22.0 Å². The van der Waals surface area contributed by atoms with E-state index in [0.29, 0.717) is 0 Å². The predicted octanol–water partition coefficient (Wildman–Crippen LogP) is 18.1. The maximum absolute atomic E-state index is 5.14. The minimum absolute atomic E-state index is 0.724. The summed E-state index contributed by atoms with van der Waals surface area (Å²) >= 11 is 1.44. The summed E-state index contributed by atoms with van der Waals surface area (Å²) in [6, 6.07) is 97.8. The molecule has 4 nitrogen and oxygen atoms in total. The number of hydrogen-bond donors (Lipinski definition) is 0. The monoisotopic (exact) mass is 940 g/mol. The lowest BCUT2D eigenvalue weighted by atomic mass is 10.1. The molecule has 0 aliphatic carbocycles. The van der Waals surface area contributed by atoms with Crippen molar-refractivity contribution >= 4 is 65.7 Å². The van der Waals surface area contributed by atoms with E-state index in [-0.39, 0.29) is 0 Å². The average Bonchev–Trinajstić information content (AvgIpc) is 3.94. The third kappa shape index (κ3) is 6.46. The highest BCUT2D eigenvalue weighted by molar-refractivity contribution is 8.34. The van der Waals surface area contributed by atoms with Gasteiger partial charge in [-0.25, -0.2) is 4.98 Å². The summed E-state index contributed by atoms with van der Waals surface area (Å²) in [5.74, 6) is 0.724.